The van der Waals surface area contributed by atoms with E-state index in [1.807, 2.05) is 30.3 Å². The summed E-state index contributed by atoms with van der Waals surface area (Å²) in [6, 6.07) is 11.4. The Morgan fingerprint density at radius 1 is 1.30 bits per heavy atom. The molecule has 2 aromatic rings. The van der Waals surface area contributed by atoms with Crippen molar-refractivity contribution in [2.75, 3.05) is 19.7 Å². The fourth-order valence-corrected chi connectivity index (χ4v) is 2.02. The molecule has 0 radical (unpaired) electrons. The zero-order valence-electron chi connectivity index (χ0n) is 11.2. The Kier molecular flexibility index (Phi) is 4.74. The first-order valence-electron chi connectivity index (χ1n) is 6.42. The second-order valence-electron chi connectivity index (χ2n) is 4.29. The van der Waals surface area contributed by atoms with Gasteiger partial charge in [0.1, 0.15) is 0 Å². The SMILES string of the molecule is C=CCN(CCO)C(=O)c1occc1-c1ccccc1. The van der Waals surface area contributed by atoms with E-state index in [1.54, 1.807) is 12.1 Å². The van der Waals surface area contributed by atoms with E-state index in [0.29, 0.717) is 6.54 Å². The Morgan fingerprint density at radius 2 is 2.05 bits per heavy atom. The maximum Gasteiger partial charge on any atom is 0.290 e. The van der Waals surface area contributed by atoms with E-state index in [4.69, 9.17) is 9.52 Å². The maximum absolute atomic E-state index is 12.5. The van der Waals surface area contributed by atoms with Gasteiger partial charge in [-0.25, -0.2) is 0 Å². The number of amides is 1. The lowest BCUT2D eigenvalue weighted by Crippen LogP contribution is -2.33. The number of rotatable bonds is 6. The maximum atomic E-state index is 12.5. The van der Waals surface area contributed by atoms with Crippen molar-refractivity contribution in [2.24, 2.45) is 0 Å². The standard InChI is InChI=1S/C16H17NO3/c1-2-9-17(10-11-18)16(19)15-14(8-12-20-15)13-6-4-3-5-7-13/h2-8,12,18H,1,9-11H2. The van der Waals surface area contributed by atoms with Crippen molar-refractivity contribution < 1.29 is 14.3 Å². The molecule has 0 atom stereocenters. The van der Waals surface area contributed by atoms with Gasteiger partial charge in [0.25, 0.3) is 5.91 Å². The summed E-state index contributed by atoms with van der Waals surface area (Å²) in [7, 11) is 0. The summed E-state index contributed by atoms with van der Waals surface area (Å²) in [5, 5.41) is 9.04. The molecule has 1 amide bonds. The van der Waals surface area contributed by atoms with Crippen molar-refractivity contribution in [1.82, 2.24) is 4.90 Å². The van der Waals surface area contributed by atoms with Crippen LogP contribution < -0.4 is 0 Å². The summed E-state index contributed by atoms with van der Waals surface area (Å²) in [5.41, 5.74) is 1.68. The normalized spacial score (nSPS) is 10.2. The largest absolute Gasteiger partial charge is 0.459 e. The fourth-order valence-electron chi connectivity index (χ4n) is 2.02. The number of furan rings is 1. The van der Waals surface area contributed by atoms with Gasteiger partial charge in [-0.3, -0.25) is 4.79 Å². The molecule has 1 aromatic heterocycles. The van der Waals surface area contributed by atoms with Gasteiger partial charge in [-0.2, -0.15) is 0 Å². The minimum Gasteiger partial charge on any atom is -0.459 e. The van der Waals surface area contributed by atoms with E-state index < -0.39 is 0 Å². The number of hydrogen-bond acceptors (Lipinski definition) is 3. The van der Waals surface area contributed by atoms with Crippen LogP contribution in [-0.2, 0) is 0 Å². The average Bonchev–Trinajstić information content (AvgIpc) is 2.96. The van der Waals surface area contributed by atoms with E-state index in [2.05, 4.69) is 6.58 Å². The van der Waals surface area contributed by atoms with Crippen LogP contribution in [0.4, 0.5) is 0 Å². The highest BCUT2D eigenvalue weighted by Crippen LogP contribution is 2.25. The summed E-state index contributed by atoms with van der Waals surface area (Å²) < 4.78 is 5.35. The number of aliphatic hydroxyl groups is 1. The lowest BCUT2D eigenvalue weighted by Gasteiger charge is -2.19. The van der Waals surface area contributed by atoms with Crippen LogP contribution in [-0.4, -0.2) is 35.6 Å². The summed E-state index contributed by atoms with van der Waals surface area (Å²) in [4.78, 5) is 14.0. The number of nitrogens with zero attached hydrogens (tertiary/aromatic N) is 1. The average molecular weight is 271 g/mol. The van der Waals surface area contributed by atoms with Crippen LogP contribution >= 0.6 is 0 Å². The third-order valence-corrected chi connectivity index (χ3v) is 2.95. The molecule has 1 aromatic carbocycles. The lowest BCUT2D eigenvalue weighted by atomic mass is 10.1. The summed E-state index contributed by atoms with van der Waals surface area (Å²) in [5.74, 6) is 0.0364. The monoisotopic (exact) mass is 271 g/mol. The van der Waals surface area contributed by atoms with Crippen LogP contribution in [0.15, 0.2) is 59.7 Å². The number of aliphatic hydroxyl groups excluding tert-OH is 1. The predicted octanol–water partition coefficient (Wildman–Crippen LogP) is 2.57. The topological polar surface area (TPSA) is 53.7 Å². The van der Waals surface area contributed by atoms with Crippen LogP contribution in [0.5, 0.6) is 0 Å². The van der Waals surface area contributed by atoms with Gasteiger partial charge in [0.2, 0.25) is 0 Å². The van der Waals surface area contributed by atoms with Crippen molar-refractivity contribution in [3.8, 4) is 11.1 Å². The third kappa shape index (κ3) is 2.97. The van der Waals surface area contributed by atoms with Gasteiger partial charge in [0.05, 0.1) is 12.9 Å². The molecule has 0 saturated carbocycles. The number of benzene rings is 1. The first-order valence-corrected chi connectivity index (χ1v) is 6.42. The zero-order chi connectivity index (χ0) is 14.4. The van der Waals surface area contributed by atoms with Crippen molar-refractivity contribution in [3.05, 3.63) is 61.1 Å². The Morgan fingerprint density at radius 3 is 2.70 bits per heavy atom. The number of carbonyl (C=O) groups is 1. The zero-order valence-corrected chi connectivity index (χ0v) is 11.2. The molecule has 1 heterocycles. The van der Waals surface area contributed by atoms with Gasteiger partial charge in [-0.15, -0.1) is 6.58 Å². The molecule has 4 nitrogen and oxygen atoms in total. The van der Waals surface area contributed by atoms with Gasteiger partial charge in [0.15, 0.2) is 5.76 Å². The van der Waals surface area contributed by atoms with Crippen LogP contribution in [0.2, 0.25) is 0 Å². The summed E-state index contributed by atoms with van der Waals surface area (Å²) in [6.07, 6.45) is 3.12. The molecule has 0 bridgehead atoms. The molecule has 0 saturated heterocycles. The van der Waals surface area contributed by atoms with Crippen LogP contribution in [0.1, 0.15) is 10.6 Å². The molecule has 4 heteroatoms. The van der Waals surface area contributed by atoms with Gasteiger partial charge in [-0.1, -0.05) is 36.4 Å². The highest BCUT2D eigenvalue weighted by molar-refractivity contribution is 5.98. The van der Waals surface area contributed by atoms with E-state index in [1.165, 1.54) is 11.2 Å². The highest BCUT2D eigenvalue weighted by atomic mass is 16.3. The molecule has 1 N–H and O–H groups in total. The molecule has 2 rings (SSSR count). The molecule has 104 valence electrons. The lowest BCUT2D eigenvalue weighted by molar-refractivity contribution is 0.0712. The molecule has 0 unspecified atom stereocenters. The molecular formula is C16H17NO3. The Balaban J connectivity index is 2.31. The highest BCUT2D eigenvalue weighted by Gasteiger charge is 2.21. The first-order chi connectivity index (χ1) is 9.77. The first kappa shape index (κ1) is 14.1. The van der Waals surface area contributed by atoms with Crippen molar-refractivity contribution in [2.45, 2.75) is 0 Å². The second kappa shape index (κ2) is 6.73. The number of carbonyl (C=O) groups excluding carboxylic acids is 1. The molecule has 0 spiro atoms. The molecule has 0 aliphatic heterocycles. The van der Waals surface area contributed by atoms with Gasteiger partial charge in [0, 0.05) is 18.7 Å². The smallest absolute Gasteiger partial charge is 0.290 e. The Labute approximate surface area is 117 Å². The van der Waals surface area contributed by atoms with Crippen molar-refractivity contribution in [1.29, 1.82) is 0 Å². The number of hydrogen-bond donors (Lipinski definition) is 1. The molecule has 0 fully saturated rings. The third-order valence-electron chi connectivity index (χ3n) is 2.95. The van der Waals surface area contributed by atoms with E-state index in [0.717, 1.165) is 11.1 Å². The van der Waals surface area contributed by atoms with Crippen LogP contribution in [0, 0.1) is 0 Å². The van der Waals surface area contributed by atoms with E-state index in [-0.39, 0.29) is 24.8 Å². The van der Waals surface area contributed by atoms with Crippen molar-refractivity contribution in [3.63, 3.8) is 0 Å². The van der Waals surface area contributed by atoms with E-state index >= 15 is 0 Å². The minimum absolute atomic E-state index is 0.0963. The quantitative estimate of drug-likeness (QED) is 0.821. The predicted molar refractivity (Wildman–Crippen MR) is 77.3 cm³/mol. The Hall–Kier alpha value is -2.33. The molecule has 0 aliphatic rings. The summed E-state index contributed by atoms with van der Waals surface area (Å²) in [6.45, 7) is 4.14. The van der Waals surface area contributed by atoms with Crippen LogP contribution in [0.25, 0.3) is 11.1 Å². The van der Waals surface area contributed by atoms with Crippen molar-refractivity contribution >= 4 is 5.91 Å². The minimum atomic E-state index is -0.247. The molecule has 20 heavy (non-hydrogen) atoms. The summed E-state index contributed by atoms with van der Waals surface area (Å²) >= 11 is 0. The second-order valence-corrected chi connectivity index (χ2v) is 4.29. The molecular weight excluding hydrogens is 254 g/mol. The molecule has 0 aliphatic carbocycles. The fraction of sp³-hybridized carbons (Fsp3) is 0.188. The van der Waals surface area contributed by atoms with E-state index in [9.17, 15) is 4.79 Å². The van der Waals surface area contributed by atoms with Gasteiger partial charge in [-0.05, 0) is 11.6 Å². The van der Waals surface area contributed by atoms with Gasteiger partial charge >= 0.3 is 0 Å². The Bertz CT molecular complexity index is 574. The van der Waals surface area contributed by atoms with Gasteiger partial charge < -0.3 is 14.4 Å². The van der Waals surface area contributed by atoms with Crippen LogP contribution in [0.3, 0.4) is 0 Å².